The first-order valence-corrected chi connectivity index (χ1v) is 9.68. The van der Waals surface area contributed by atoms with Crippen LogP contribution in [0.25, 0.3) is 0 Å². The van der Waals surface area contributed by atoms with E-state index in [9.17, 15) is 8.42 Å². The second-order valence-corrected chi connectivity index (χ2v) is 10.5. The highest BCUT2D eigenvalue weighted by molar-refractivity contribution is 7.92. The van der Waals surface area contributed by atoms with Gasteiger partial charge in [-0.1, -0.05) is 29.3 Å². The molecular formula is C16H22Cl2O2S. The van der Waals surface area contributed by atoms with Crippen LogP contribution in [0.4, 0.5) is 0 Å². The summed E-state index contributed by atoms with van der Waals surface area (Å²) in [7, 11) is -3.05. The Labute approximate surface area is 137 Å². The number of hydrogen-bond acceptors (Lipinski definition) is 2. The van der Waals surface area contributed by atoms with Gasteiger partial charge in [0.1, 0.15) is 0 Å². The van der Waals surface area contributed by atoms with Crippen LogP contribution >= 0.6 is 23.2 Å². The zero-order valence-corrected chi connectivity index (χ0v) is 15.0. The number of benzene rings is 1. The van der Waals surface area contributed by atoms with Gasteiger partial charge in [-0.2, -0.15) is 0 Å². The molecule has 118 valence electrons. The van der Waals surface area contributed by atoms with Crippen LogP contribution in [0.3, 0.4) is 0 Å². The SMILES string of the molecule is CC(C)(C)S(=O)(=O)C[C@@H]1CC[C@H](c2ccc(Cl)c(Cl)c2)C1. The molecule has 0 bridgehead atoms. The molecular weight excluding hydrogens is 327 g/mol. The third-order valence-corrected chi connectivity index (χ3v) is 7.86. The van der Waals surface area contributed by atoms with Crippen LogP contribution < -0.4 is 0 Å². The summed E-state index contributed by atoms with van der Waals surface area (Å²) < 4.78 is 24.0. The van der Waals surface area contributed by atoms with Crippen molar-refractivity contribution in [3.05, 3.63) is 33.8 Å². The Morgan fingerprint density at radius 2 is 1.81 bits per heavy atom. The molecule has 2 rings (SSSR count). The normalized spacial score (nSPS) is 23.5. The van der Waals surface area contributed by atoms with Gasteiger partial charge >= 0.3 is 0 Å². The Morgan fingerprint density at radius 1 is 1.14 bits per heavy atom. The van der Waals surface area contributed by atoms with Gasteiger partial charge in [-0.15, -0.1) is 0 Å². The van der Waals surface area contributed by atoms with Crippen LogP contribution in [-0.4, -0.2) is 18.9 Å². The van der Waals surface area contributed by atoms with E-state index in [0.717, 1.165) is 19.3 Å². The van der Waals surface area contributed by atoms with Crippen LogP contribution in [0.15, 0.2) is 18.2 Å². The Balaban J connectivity index is 2.06. The largest absolute Gasteiger partial charge is 0.228 e. The summed E-state index contributed by atoms with van der Waals surface area (Å²) in [6.45, 7) is 5.31. The molecule has 0 aromatic heterocycles. The smallest absolute Gasteiger partial charge is 0.155 e. The van der Waals surface area contributed by atoms with E-state index in [-0.39, 0.29) is 11.7 Å². The average Bonchev–Trinajstić information content (AvgIpc) is 2.79. The molecule has 0 heterocycles. The molecule has 5 heteroatoms. The summed E-state index contributed by atoms with van der Waals surface area (Å²) in [6, 6.07) is 5.73. The van der Waals surface area contributed by atoms with Crippen LogP contribution in [0.2, 0.25) is 10.0 Å². The molecule has 0 aliphatic heterocycles. The summed E-state index contributed by atoms with van der Waals surface area (Å²) >= 11 is 12.0. The lowest BCUT2D eigenvalue weighted by molar-refractivity contribution is 0.528. The van der Waals surface area contributed by atoms with Gasteiger partial charge in [0.25, 0.3) is 0 Å². The molecule has 21 heavy (non-hydrogen) atoms. The molecule has 1 saturated carbocycles. The van der Waals surface area contributed by atoms with Crippen molar-refractivity contribution in [2.45, 2.75) is 50.7 Å². The molecule has 0 radical (unpaired) electrons. The van der Waals surface area contributed by atoms with E-state index in [4.69, 9.17) is 23.2 Å². The third kappa shape index (κ3) is 3.94. The predicted molar refractivity (Wildman–Crippen MR) is 90.1 cm³/mol. The monoisotopic (exact) mass is 348 g/mol. The van der Waals surface area contributed by atoms with E-state index >= 15 is 0 Å². The van der Waals surface area contributed by atoms with Gasteiger partial charge in [-0.25, -0.2) is 8.42 Å². The Bertz CT molecular complexity index is 618. The Morgan fingerprint density at radius 3 is 2.38 bits per heavy atom. The minimum Gasteiger partial charge on any atom is -0.228 e. The van der Waals surface area contributed by atoms with E-state index in [0.29, 0.717) is 16.0 Å². The van der Waals surface area contributed by atoms with Crippen molar-refractivity contribution < 1.29 is 8.42 Å². The molecule has 1 aromatic carbocycles. The maximum atomic E-state index is 12.3. The molecule has 0 saturated heterocycles. The molecule has 1 fully saturated rings. The fourth-order valence-electron chi connectivity index (χ4n) is 2.86. The van der Waals surface area contributed by atoms with E-state index in [1.165, 1.54) is 5.56 Å². The van der Waals surface area contributed by atoms with Gasteiger partial charge in [-0.05, 0) is 69.6 Å². The summed E-state index contributed by atoms with van der Waals surface area (Å²) in [4.78, 5) is 0. The van der Waals surface area contributed by atoms with E-state index in [2.05, 4.69) is 0 Å². The first kappa shape index (κ1) is 17.1. The van der Waals surface area contributed by atoms with Gasteiger partial charge in [-0.3, -0.25) is 0 Å². The van der Waals surface area contributed by atoms with Crippen molar-refractivity contribution in [2.75, 3.05) is 5.75 Å². The lowest BCUT2D eigenvalue weighted by atomic mass is 9.97. The maximum absolute atomic E-state index is 12.3. The quantitative estimate of drug-likeness (QED) is 0.762. The summed E-state index contributed by atoms with van der Waals surface area (Å²) in [6.07, 6.45) is 2.88. The van der Waals surface area contributed by atoms with Gasteiger partial charge in [0, 0.05) is 0 Å². The van der Waals surface area contributed by atoms with Crippen molar-refractivity contribution in [1.82, 2.24) is 0 Å². The zero-order chi connectivity index (χ0) is 15.8. The fraction of sp³-hybridized carbons (Fsp3) is 0.625. The lowest BCUT2D eigenvalue weighted by Crippen LogP contribution is -2.32. The highest BCUT2D eigenvalue weighted by Gasteiger charge is 2.35. The van der Waals surface area contributed by atoms with E-state index < -0.39 is 14.6 Å². The average molecular weight is 349 g/mol. The van der Waals surface area contributed by atoms with Crippen molar-refractivity contribution in [3.63, 3.8) is 0 Å². The molecule has 0 amide bonds. The Hall–Kier alpha value is -0.250. The maximum Gasteiger partial charge on any atom is 0.155 e. The molecule has 0 spiro atoms. The summed E-state index contributed by atoms with van der Waals surface area (Å²) in [5, 5.41) is 1.13. The third-order valence-electron chi connectivity index (χ3n) is 4.34. The Kier molecular flexibility index (Phi) is 4.97. The highest BCUT2D eigenvalue weighted by Crippen LogP contribution is 2.41. The van der Waals surface area contributed by atoms with E-state index in [1.807, 2.05) is 18.2 Å². The van der Waals surface area contributed by atoms with Crippen LogP contribution in [0.5, 0.6) is 0 Å². The molecule has 2 nitrogen and oxygen atoms in total. The number of halogens is 2. The van der Waals surface area contributed by atoms with Crippen LogP contribution in [0, 0.1) is 5.92 Å². The molecule has 1 aromatic rings. The first-order valence-electron chi connectivity index (χ1n) is 7.27. The standard InChI is InChI=1S/C16H22Cl2O2S/c1-16(2,3)21(19,20)10-11-4-5-12(8-11)13-6-7-14(17)15(18)9-13/h6-7,9,11-12H,4-5,8,10H2,1-3H3/t11-,12+/m1/s1. The van der Waals surface area contributed by atoms with Gasteiger partial charge < -0.3 is 0 Å². The summed E-state index contributed by atoms with van der Waals surface area (Å²) in [5.74, 6) is 0.919. The molecule has 2 atom stereocenters. The van der Waals surface area contributed by atoms with Crippen molar-refractivity contribution in [1.29, 1.82) is 0 Å². The van der Waals surface area contributed by atoms with E-state index in [1.54, 1.807) is 20.8 Å². The van der Waals surface area contributed by atoms with Crippen LogP contribution in [0.1, 0.15) is 51.5 Å². The minimum atomic E-state index is -3.05. The molecule has 1 aliphatic carbocycles. The molecule has 1 aliphatic rings. The minimum absolute atomic E-state index is 0.244. The van der Waals surface area contributed by atoms with Crippen molar-refractivity contribution in [2.24, 2.45) is 5.92 Å². The topological polar surface area (TPSA) is 34.1 Å². The summed E-state index contributed by atoms with van der Waals surface area (Å²) in [5.41, 5.74) is 1.17. The molecule has 0 unspecified atom stereocenters. The fourth-order valence-corrected chi connectivity index (χ4v) is 4.59. The first-order chi connectivity index (χ1) is 9.60. The number of rotatable bonds is 3. The molecule has 0 N–H and O–H groups in total. The number of hydrogen-bond donors (Lipinski definition) is 0. The second kappa shape index (κ2) is 6.10. The predicted octanol–water partition coefficient (Wildman–Crippen LogP) is 5.09. The second-order valence-electron chi connectivity index (χ2n) is 6.94. The van der Waals surface area contributed by atoms with Gasteiger partial charge in [0.15, 0.2) is 9.84 Å². The zero-order valence-electron chi connectivity index (χ0n) is 12.7. The van der Waals surface area contributed by atoms with Crippen LogP contribution in [-0.2, 0) is 9.84 Å². The van der Waals surface area contributed by atoms with Crippen molar-refractivity contribution >= 4 is 33.0 Å². The van der Waals surface area contributed by atoms with Crippen molar-refractivity contribution in [3.8, 4) is 0 Å². The lowest BCUT2D eigenvalue weighted by Gasteiger charge is -2.22. The highest BCUT2D eigenvalue weighted by atomic mass is 35.5. The van der Waals surface area contributed by atoms with Gasteiger partial charge in [0.2, 0.25) is 0 Å². The van der Waals surface area contributed by atoms with Gasteiger partial charge in [0.05, 0.1) is 20.5 Å². The number of sulfone groups is 1.